The number of aromatic nitrogens is 3. The Bertz CT molecular complexity index is 342. The van der Waals surface area contributed by atoms with Crippen LogP contribution < -0.4 is 5.73 Å². The molecule has 0 aromatic carbocycles. The van der Waals surface area contributed by atoms with E-state index in [9.17, 15) is 13.2 Å². The predicted molar refractivity (Wildman–Crippen MR) is 45.7 cm³/mol. The molecule has 4 nitrogen and oxygen atoms in total. The molecule has 2 N–H and O–H groups in total. The highest BCUT2D eigenvalue weighted by molar-refractivity contribution is 5.02. The molecule has 84 valence electrons. The fourth-order valence-electron chi connectivity index (χ4n) is 1.28. The maximum Gasteiger partial charge on any atom is 0.409 e. The van der Waals surface area contributed by atoms with Crippen molar-refractivity contribution in [3.63, 3.8) is 0 Å². The maximum absolute atomic E-state index is 12.2. The number of hydrogen-bond acceptors (Lipinski definition) is 3. The van der Waals surface area contributed by atoms with Gasteiger partial charge in [-0.1, -0.05) is 5.21 Å². The lowest BCUT2D eigenvalue weighted by Gasteiger charge is -2.11. The molecule has 1 fully saturated rings. The van der Waals surface area contributed by atoms with Gasteiger partial charge >= 0.3 is 6.18 Å². The summed E-state index contributed by atoms with van der Waals surface area (Å²) in [5.74, 6) is 0.543. The van der Waals surface area contributed by atoms with E-state index >= 15 is 0 Å². The van der Waals surface area contributed by atoms with Gasteiger partial charge in [-0.3, -0.25) is 4.68 Å². The zero-order valence-electron chi connectivity index (χ0n) is 7.91. The molecule has 1 aliphatic carbocycles. The number of nitrogens with zero attached hydrogens (tertiary/aromatic N) is 3. The van der Waals surface area contributed by atoms with Crippen LogP contribution in [0.25, 0.3) is 0 Å². The molecule has 0 amide bonds. The topological polar surface area (TPSA) is 56.7 Å². The number of nitrogens with two attached hydrogens (primary N) is 1. The van der Waals surface area contributed by atoms with Crippen LogP contribution >= 0.6 is 0 Å². The monoisotopic (exact) mass is 220 g/mol. The van der Waals surface area contributed by atoms with E-state index in [1.807, 2.05) is 0 Å². The Hall–Kier alpha value is -1.11. The summed E-state index contributed by atoms with van der Waals surface area (Å²) in [5, 5.41) is 7.05. The lowest BCUT2D eigenvalue weighted by Crippen LogP contribution is -2.28. The van der Waals surface area contributed by atoms with Crippen molar-refractivity contribution in [1.82, 2.24) is 15.0 Å². The number of hydrogen-bond donors (Lipinski definition) is 1. The lowest BCUT2D eigenvalue weighted by atomic mass is 10.2. The van der Waals surface area contributed by atoms with Crippen molar-refractivity contribution in [3.8, 4) is 0 Å². The molecule has 1 saturated carbocycles. The van der Waals surface area contributed by atoms with Gasteiger partial charge in [0.2, 0.25) is 0 Å². The second-order valence-corrected chi connectivity index (χ2v) is 3.83. The second-order valence-electron chi connectivity index (χ2n) is 3.83. The van der Waals surface area contributed by atoms with Crippen LogP contribution in [0.1, 0.15) is 24.6 Å². The van der Waals surface area contributed by atoms with E-state index in [0.29, 0.717) is 12.5 Å². The van der Waals surface area contributed by atoms with Crippen molar-refractivity contribution >= 4 is 0 Å². The molecule has 1 heterocycles. The van der Waals surface area contributed by atoms with E-state index in [1.165, 1.54) is 10.9 Å². The quantitative estimate of drug-likeness (QED) is 0.834. The zero-order valence-corrected chi connectivity index (χ0v) is 7.91. The van der Waals surface area contributed by atoms with Crippen LogP contribution in [0.15, 0.2) is 6.20 Å². The summed E-state index contributed by atoms with van der Waals surface area (Å²) in [7, 11) is 0. The van der Waals surface area contributed by atoms with E-state index in [0.717, 1.165) is 12.8 Å². The predicted octanol–water partition coefficient (Wildman–Crippen LogP) is 1.25. The molecule has 0 saturated heterocycles. The molecule has 0 bridgehead atoms. The first kappa shape index (κ1) is 10.4. The zero-order chi connectivity index (χ0) is 11.1. The third kappa shape index (κ3) is 2.47. The van der Waals surface area contributed by atoms with Crippen molar-refractivity contribution < 1.29 is 13.2 Å². The highest BCUT2D eigenvalue weighted by Crippen LogP contribution is 2.31. The van der Waals surface area contributed by atoms with E-state index in [-0.39, 0.29) is 5.69 Å². The first-order valence-corrected chi connectivity index (χ1v) is 4.69. The van der Waals surface area contributed by atoms with Crippen molar-refractivity contribution in [2.75, 3.05) is 0 Å². The van der Waals surface area contributed by atoms with Gasteiger partial charge in [-0.05, 0) is 18.8 Å². The maximum atomic E-state index is 12.2. The minimum atomic E-state index is -4.46. The third-order valence-corrected chi connectivity index (χ3v) is 2.37. The van der Waals surface area contributed by atoms with Crippen molar-refractivity contribution in [2.24, 2.45) is 11.7 Å². The summed E-state index contributed by atoms with van der Waals surface area (Å²) in [6, 6.07) is -2.04. The minimum Gasteiger partial charge on any atom is -0.315 e. The van der Waals surface area contributed by atoms with Gasteiger partial charge in [0, 0.05) is 6.54 Å². The lowest BCUT2D eigenvalue weighted by molar-refractivity contribution is -0.150. The number of halogens is 3. The molecule has 1 aromatic heterocycles. The van der Waals surface area contributed by atoms with E-state index in [1.54, 1.807) is 0 Å². The van der Waals surface area contributed by atoms with Crippen LogP contribution in [0.2, 0.25) is 0 Å². The molecule has 2 rings (SSSR count). The van der Waals surface area contributed by atoms with Gasteiger partial charge < -0.3 is 5.73 Å². The standard InChI is InChI=1S/C8H11F3N4/c9-8(10,11)7(12)6-4-15(14-13-6)3-5-1-2-5/h4-5,7H,1-3,12H2. The van der Waals surface area contributed by atoms with Crippen LogP contribution in [0.4, 0.5) is 13.2 Å². The Labute approximate surface area is 84.2 Å². The van der Waals surface area contributed by atoms with Crippen LogP contribution in [0.5, 0.6) is 0 Å². The molecule has 7 heteroatoms. The van der Waals surface area contributed by atoms with Crippen LogP contribution in [0.3, 0.4) is 0 Å². The largest absolute Gasteiger partial charge is 0.409 e. The molecule has 1 unspecified atom stereocenters. The van der Waals surface area contributed by atoms with Crippen molar-refractivity contribution in [1.29, 1.82) is 0 Å². The van der Waals surface area contributed by atoms with E-state index < -0.39 is 12.2 Å². The summed E-state index contributed by atoms with van der Waals surface area (Å²) >= 11 is 0. The van der Waals surface area contributed by atoms with E-state index in [2.05, 4.69) is 10.3 Å². The summed E-state index contributed by atoms with van der Waals surface area (Å²) < 4.78 is 38.1. The Morgan fingerprint density at radius 1 is 1.53 bits per heavy atom. The second kappa shape index (κ2) is 3.48. The third-order valence-electron chi connectivity index (χ3n) is 2.37. The van der Waals surface area contributed by atoms with Gasteiger partial charge in [-0.25, -0.2) is 0 Å². The highest BCUT2D eigenvalue weighted by atomic mass is 19.4. The molecule has 0 spiro atoms. The molecule has 0 radical (unpaired) electrons. The molecule has 1 aliphatic rings. The summed E-state index contributed by atoms with van der Waals surface area (Å²) in [6.45, 7) is 0.636. The van der Waals surface area contributed by atoms with Crippen molar-refractivity contribution in [3.05, 3.63) is 11.9 Å². The Morgan fingerprint density at radius 3 is 2.73 bits per heavy atom. The fourth-order valence-corrected chi connectivity index (χ4v) is 1.28. The van der Waals surface area contributed by atoms with Gasteiger partial charge in [-0.2, -0.15) is 13.2 Å². The van der Waals surface area contributed by atoms with Crippen LogP contribution in [-0.2, 0) is 6.54 Å². The first-order chi connectivity index (χ1) is 6.97. The Balaban J connectivity index is 2.05. The summed E-state index contributed by atoms with van der Waals surface area (Å²) in [5.41, 5.74) is 4.77. The van der Waals surface area contributed by atoms with Crippen LogP contribution in [-0.4, -0.2) is 21.2 Å². The highest BCUT2D eigenvalue weighted by Gasteiger charge is 2.39. The van der Waals surface area contributed by atoms with Gasteiger partial charge in [0.1, 0.15) is 11.7 Å². The average Bonchev–Trinajstić information content (AvgIpc) is 2.80. The van der Waals surface area contributed by atoms with Crippen LogP contribution in [0, 0.1) is 5.92 Å². The number of alkyl halides is 3. The molecular weight excluding hydrogens is 209 g/mol. The van der Waals surface area contributed by atoms with E-state index in [4.69, 9.17) is 5.73 Å². The summed E-state index contributed by atoms with van der Waals surface area (Å²) in [4.78, 5) is 0. The van der Waals surface area contributed by atoms with Gasteiger partial charge in [-0.15, -0.1) is 5.10 Å². The Morgan fingerprint density at radius 2 is 2.20 bits per heavy atom. The smallest absolute Gasteiger partial charge is 0.315 e. The molecule has 15 heavy (non-hydrogen) atoms. The van der Waals surface area contributed by atoms with Gasteiger partial charge in [0.25, 0.3) is 0 Å². The SMILES string of the molecule is NC(c1cn(CC2CC2)nn1)C(F)(F)F. The van der Waals surface area contributed by atoms with Crippen molar-refractivity contribution in [2.45, 2.75) is 31.6 Å². The summed E-state index contributed by atoms with van der Waals surface area (Å²) in [6.07, 6.45) is -0.960. The molecular formula is C8H11F3N4. The Kier molecular flexibility index (Phi) is 2.41. The minimum absolute atomic E-state index is 0.219. The average molecular weight is 220 g/mol. The molecule has 0 aliphatic heterocycles. The van der Waals surface area contributed by atoms with Gasteiger partial charge in [0.15, 0.2) is 0 Å². The number of rotatable bonds is 3. The normalized spacial score (nSPS) is 19.2. The molecule has 1 atom stereocenters. The fraction of sp³-hybridized carbons (Fsp3) is 0.750. The van der Waals surface area contributed by atoms with Gasteiger partial charge in [0.05, 0.1) is 6.20 Å². The first-order valence-electron chi connectivity index (χ1n) is 4.69. The molecule has 1 aromatic rings.